The molecule has 1 fully saturated rings. The summed E-state index contributed by atoms with van der Waals surface area (Å²) in [5.41, 5.74) is 3.21. The van der Waals surface area contributed by atoms with Gasteiger partial charge in [-0.15, -0.1) is 0 Å². The summed E-state index contributed by atoms with van der Waals surface area (Å²) in [5.74, 6) is 0.636. The Morgan fingerprint density at radius 3 is 2.40 bits per heavy atom. The number of nitrogens with zero attached hydrogens (tertiary/aromatic N) is 4. The van der Waals surface area contributed by atoms with Crippen LogP contribution in [0.15, 0.2) is 30.3 Å². The molecule has 0 bridgehead atoms. The first-order valence-electron chi connectivity index (χ1n) is 8.98. The summed E-state index contributed by atoms with van der Waals surface area (Å²) in [6.45, 7) is 7.81. The van der Waals surface area contributed by atoms with E-state index < -0.39 is 0 Å². The van der Waals surface area contributed by atoms with E-state index >= 15 is 0 Å². The molecule has 0 unspecified atom stereocenters. The predicted molar refractivity (Wildman–Crippen MR) is 97.7 cm³/mol. The molecule has 3 rings (SSSR count). The molecule has 1 aromatic heterocycles. The van der Waals surface area contributed by atoms with Crippen LogP contribution in [0.5, 0.6) is 0 Å². The molecule has 1 saturated heterocycles. The summed E-state index contributed by atoms with van der Waals surface area (Å²) in [7, 11) is 2.18. The molecule has 4 nitrogen and oxygen atoms in total. The molecule has 1 aliphatic rings. The largest absolute Gasteiger partial charge is 0.306 e. The number of likely N-dealkylation sites (tertiary alicyclic amines) is 1. The number of halogens is 1. The standard InChI is InChI=1S/C20H27FN4/c1-15-12-19(23-16(2)22-15)14-25(20-8-10-24(3)11-9-20)13-17-4-6-18(21)7-5-17/h4-7,12,20H,8-11,13-14H2,1-3H3. The smallest absolute Gasteiger partial charge is 0.125 e. The second-order valence-corrected chi connectivity index (χ2v) is 7.11. The maximum Gasteiger partial charge on any atom is 0.125 e. The average Bonchev–Trinajstić information content (AvgIpc) is 2.56. The van der Waals surface area contributed by atoms with E-state index in [1.807, 2.05) is 26.0 Å². The lowest BCUT2D eigenvalue weighted by atomic mass is 10.0. The van der Waals surface area contributed by atoms with Gasteiger partial charge in [-0.2, -0.15) is 0 Å². The molecule has 5 heteroatoms. The fraction of sp³-hybridized carbons (Fsp3) is 0.500. The average molecular weight is 342 g/mol. The number of rotatable bonds is 5. The van der Waals surface area contributed by atoms with Crippen molar-refractivity contribution >= 4 is 0 Å². The SMILES string of the molecule is Cc1cc(CN(Cc2ccc(F)cc2)C2CCN(C)CC2)nc(C)n1. The van der Waals surface area contributed by atoms with Gasteiger partial charge in [-0.1, -0.05) is 12.1 Å². The van der Waals surface area contributed by atoms with Crippen LogP contribution >= 0.6 is 0 Å². The van der Waals surface area contributed by atoms with Crippen molar-refractivity contribution in [2.75, 3.05) is 20.1 Å². The monoisotopic (exact) mass is 342 g/mol. The second-order valence-electron chi connectivity index (χ2n) is 7.11. The first kappa shape index (κ1) is 18.0. The Kier molecular flexibility index (Phi) is 5.76. The number of hydrogen-bond donors (Lipinski definition) is 0. The van der Waals surface area contributed by atoms with Crippen LogP contribution in [0.2, 0.25) is 0 Å². The second kappa shape index (κ2) is 8.02. The van der Waals surface area contributed by atoms with Crippen LogP contribution in [0.1, 0.15) is 35.6 Å². The zero-order valence-electron chi connectivity index (χ0n) is 15.4. The van der Waals surface area contributed by atoms with Gasteiger partial charge >= 0.3 is 0 Å². The summed E-state index contributed by atoms with van der Waals surface area (Å²) in [6, 6.07) is 9.44. The van der Waals surface area contributed by atoms with E-state index in [-0.39, 0.29) is 5.82 Å². The van der Waals surface area contributed by atoms with Crippen LogP contribution in [0, 0.1) is 19.7 Å². The maximum absolute atomic E-state index is 13.2. The van der Waals surface area contributed by atoms with Gasteiger partial charge in [0.25, 0.3) is 0 Å². The molecule has 134 valence electrons. The number of aryl methyl sites for hydroxylation is 2. The van der Waals surface area contributed by atoms with Crippen LogP contribution in [0.25, 0.3) is 0 Å². The highest BCUT2D eigenvalue weighted by Crippen LogP contribution is 2.21. The predicted octanol–water partition coefficient (Wildman–Crippen LogP) is 3.33. The van der Waals surface area contributed by atoms with Crippen molar-refractivity contribution in [3.8, 4) is 0 Å². The van der Waals surface area contributed by atoms with Crippen LogP contribution in [-0.2, 0) is 13.1 Å². The normalized spacial score (nSPS) is 16.5. The minimum Gasteiger partial charge on any atom is -0.306 e. The molecule has 25 heavy (non-hydrogen) atoms. The van der Waals surface area contributed by atoms with E-state index in [1.165, 1.54) is 0 Å². The quantitative estimate of drug-likeness (QED) is 0.834. The van der Waals surface area contributed by atoms with Crippen LogP contribution < -0.4 is 0 Å². The topological polar surface area (TPSA) is 32.3 Å². The zero-order chi connectivity index (χ0) is 17.8. The van der Waals surface area contributed by atoms with Gasteiger partial charge in [-0.05, 0) is 70.6 Å². The Bertz CT molecular complexity index is 673. The van der Waals surface area contributed by atoms with Gasteiger partial charge < -0.3 is 4.90 Å². The number of aromatic nitrogens is 2. The van der Waals surface area contributed by atoms with Gasteiger partial charge in [-0.25, -0.2) is 14.4 Å². The lowest BCUT2D eigenvalue weighted by Gasteiger charge is -2.37. The van der Waals surface area contributed by atoms with Gasteiger partial charge in [0.1, 0.15) is 11.6 Å². The highest BCUT2D eigenvalue weighted by atomic mass is 19.1. The summed E-state index contributed by atoms with van der Waals surface area (Å²) in [4.78, 5) is 13.9. The van der Waals surface area contributed by atoms with Crippen molar-refractivity contribution in [3.05, 3.63) is 58.9 Å². The van der Waals surface area contributed by atoms with E-state index in [0.717, 1.165) is 61.8 Å². The minimum absolute atomic E-state index is 0.184. The van der Waals surface area contributed by atoms with Crippen molar-refractivity contribution in [2.24, 2.45) is 0 Å². The van der Waals surface area contributed by atoms with E-state index in [0.29, 0.717) is 6.04 Å². The van der Waals surface area contributed by atoms with Crippen molar-refractivity contribution in [1.29, 1.82) is 0 Å². The molecule has 1 aliphatic heterocycles. The maximum atomic E-state index is 13.2. The molecule has 0 radical (unpaired) electrons. The van der Waals surface area contributed by atoms with Crippen LogP contribution in [0.3, 0.4) is 0 Å². The zero-order valence-corrected chi connectivity index (χ0v) is 15.4. The Morgan fingerprint density at radius 1 is 1.08 bits per heavy atom. The number of benzene rings is 1. The lowest BCUT2D eigenvalue weighted by molar-refractivity contribution is 0.107. The molecule has 0 amide bonds. The van der Waals surface area contributed by atoms with Crippen molar-refractivity contribution in [1.82, 2.24) is 19.8 Å². The van der Waals surface area contributed by atoms with E-state index in [2.05, 4.69) is 32.9 Å². The van der Waals surface area contributed by atoms with Crippen molar-refractivity contribution in [3.63, 3.8) is 0 Å². The van der Waals surface area contributed by atoms with Gasteiger partial charge in [0, 0.05) is 24.8 Å². The van der Waals surface area contributed by atoms with Crippen molar-refractivity contribution < 1.29 is 4.39 Å². The molecule has 1 aromatic carbocycles. The molecule has 2 aromatic rings. The van der Waals surface area contributed by atoms with E-state index in [1.54, 1.807) is 12.1 Å². The Hall–Kier alpha value is -1.85. The Morgan fingerprint density at radius 2 is 1.76 bits per heavy atom. The Balaban J connectivity index is 1.79. The molecule has 0 atom stereocenters. The minimum atomic E-state index is -0.184. The summed E-state index contributed by atoms with van der Waals surface area (Å²) < 4.78 is 13.2. The molecule has 0 aliphatic carbocycles. The summed E-state index contributed by atoms with van der Waals surface area (Å²) in [6.07, 6.45) is 2.31. The lowest BCUT2D eigenvalue weighted by Crippen LogP contribution is -2.43. The summed E-state index contributed by atoms with van der Waals surface area (Å²) in [5, 5.41) is 0. The molecule has 2 heterocycles. The van der Waals surface area contributed by atoms with Gasteiger partial charge in [0.05, 0.1) is 5.69 Å². The fourth-order valence-electron chi connectivity index (χ4n) is 3.58. The van der Waals surface area contributed by atoms with Gasteiger partial charge in [0.2, 0.25) is 0 Å². The van der Waals surface area contributed by atoms with Crippen LogP contribution in [-0.4, -0.2) is 45.9 Å². The number of piperidine rings is 1. The fourth-order valence-corrected chi connectivity index (χ4v) is 3.58. The molecule has 0 saturated carbocycles. The highest BCUT2D eigenvalue weighted by molar-refractivity contribution is 5.17. The molecular formula is C20H27FN4. The van der Waals surface area contributed by atoms with E-state index in [4.69, 9.17) is 0 Å². The highest BCUT2D eigenvalue weighted by Gasteiger charge is 2.24. The van der Waals surface area contributed by atoms with E-state index in [9.17, 15) is 4.39 Å². The third-order valence-electron chi connectivity index (χ3n) is 4.89. The number of hydrogen-bond acceptors (Lipinski definition) is 4. The Labute approximate surface area is 149 Å². The molecule has 0 spiro atoms. The summed E-state index contributed by atoms with van der Waals surface area (Å²) >= 11 is 0. The van der Waals surface area contributed by atoms with Crippen molar-refractivity contribution in [2.45, 2.75) is 45.8 Å². The van der Waals surface area contributed by atoms with Crippen LogP contribution in [0.4, 0.5) is 4.39 Å². The third-order valence-corrected chi connectivity index (χ3v) is 4.89. The molecular weight excluding hydrogens is 315 g/mol. The third kappa shape index (κ3) is 5.06. The van der Waals surface area contributed by atoms with Gasteiger partial charge in [-0.3, -0.25) is 4.90 Å². The first-order chi connectivity index (χ1) is 12.0. The molecule has 0 N–H and O–H groups in total. The van der Waals surface area contributed by atoms with Gasteiger partial charge in [0.15, 0.2) is 0 Å². The first-order valence-corrected chi connectivity index (χ1v) is 8.98.